The summed E-state index contributed by atoms with van der Waals surface area (Å²) in [6, 6.07) is 21.0. The zero-order valence-corrected chi connectivity index (χ0v) is 13.2. The Morgan fingerprint density at radius 2 is 1.26 bits per heavy atom. The second kappa shape index (κ2) is 7.40. The highest BCUT2D eigenvalue weighted by molar-refractivity contribution is 7.81. The van der Waals surface area contributed by atoms with Gasteiger partial charge in [-0.25, -0.2) is 0 Å². The van der Waals surface area contributed by atoms with Gasteiger partial charge in [0.1, 0.15) is 0 Å². The van der Waals surface area contributed by atoms with Gasteiger partial charge in [0.15, 0.2) is 0 Å². The average Bonchev–Trinajstić information content (AvgIpc) is 2.50. The lowest BCUT2D eigenvalue weighted by molar-refractivity contribution is 0.572. The molecule has 0 radical (unpaired) electrons. The van der Waals surface area contributed by atoms with Gasteiger partial charge in [-0.1, -0.05) is 81.4 Å². The quantitative estimate of drug-likeness (QED) is 0.685. The molecule has 2 atom stereocenters. The van der Waals surface area contributed by atoms with E-state index in [0.717, 1.165) is 0 Å². The molecule has 0 N–H and O–H groups in total. The van der Waals surface area contributed by atoms with E-state index in [9.17, 15) is 0 Å². The van der Waals surface area contributed by atoms with Crippen LogP contribution in [0.4, 0.5) is 0 Å². The van der Waals surface area contributed by atoms with Gasteiger partial charge in [0, 0.05) is 4.75 Å². The molecular weight excluding hydrogens is 248 g/mol. The highest BCUT2D eigenvalue weighted by atomic mass is 32.1. The van der Waals surface area contributed by atoms with E-state index < -0.39 is 0 Å². The molecule has 1 heteroatoms. The molecule has 0 heterocycles. The molecular formula is C18H24S. The monoisotopic (exact) mass is 272 g/mol. The van der Waals surface area contributed by atoms with Crippen LogP contribution in [0.2, 0.25) is 0 Å². The minimum absolute atomic E-state index is 0.150. The van der Waals surface area contributed by atoms with E-state index >= 15 is 0 Å². The normalized spacial score (nSPS) is 14.8. The molecule has 0 aromatic heterocycles. The van der Waals surface area contributed by atoms with E-state index in [4.69, 9.17) is 12.6 Å². The van der Waals surface area contributed by atoms with Gasteiger partial charge in [0.05, 0.1) is 0 Å². The predicted molar refractivity (Wildman–Crippen MR) is 89.0 cm³/mol. The fourth-order valence-corrected chi connectivity index (χ4v) is 2.39. The standard InChI is InChI=1S/C16H18S.C2H6/c1-13(14-9-5-3-6-10-14)16(2,17)15-11-7-4-8-12-15;1-2/h3-13,17H,1-2H3;1-2H3/t13-,16-;/m1./s1. The smallest absolute Gasteiger partial charge is 0.0415 e. The summed E-state index contributed by atoms with van der Waals surface area (Å²) in [4.78, 5) is 0. The average molecular weight is 272 g/mol. The summed E-state index contributed by atoms with van der Waals surface area (Å²) in [5.74, 6) is 0.370. The Labute approximate surface area is 123 Å². The molecule has 0 fully saturated rings. The maximum absolute atomic E-state index is 4.88. The van der Waals surface area contributed by atoms with Crippen molar-refractivity contribution in [1.82, 2.24) is 0 Å². The molecule has 2 aromatic carbocycles. The first-order valence-electron chi connectivity index (χ1n) is 6.95. The zero-order valence-electron chi connectivity index (χ0n) is 12.3. The van der Waals surface area contributed by atoms with Gasteiger partial charge in [0.25, 0.3) is 0 Å². The lowest BCUT2D eigenvalue weighted by Crippen LogP contribution is -2.22. The third-order valence-electron chi connectivity index (χ3n) is 3.50. The Kier molecular flexibility index (Phi) is 6.17. The molecule has 0 bridgehead atoms. The summed E-state index contributed by atoms with van der Waals surface area (Å²) in [6.45, 7) is 8.42. The van der Waals surface area contributed by atoms with Crippen molar-refractivity contribution in [2.75, 3.05) is 0 Å². The van der Waals surface area contributed by atoms with Crippen molar-refractivity contribution in [3.05, 3.63) is 71.8 Å². The molecule has 0 aliphatic carbocycles. The first kappa shape index (κ1) is 15.8. The molecule has 0 saturated heterocycles. The Hall–Kier alpha value is -1.21. The molecule has 0 unspecified atom stereocenters. The number of hydrogen-bond donors (Lipinski definition) is 1. The van der Waals surface area contributed by atoms with Crippen molar-refractivity contribution in [3.63, 3.8) is 0 Å². The van der Waals surface area contributed by atoms with E-state index in [-0.39, 0.29) is 4.75 Å². The molecule has 2 aromatic rings. The number of thiol groups is 1. The van der Waals surface area contributed by atoms with Crippen LogP contribution >= 0.6 is 12.6 Å². The maximum Gasteiger partial charge on any atom is 0.0415 e. The van der Waals surface area contributed by atoms with Gasteiger partial charge in [-0.3, -0.25) is 0 Å². The molecule has 0 amide bonds. The summed E-state index contributed by atoms with van der Waals surface area (Å²) in [6.07, 6.45) is 0. The summed E-state index contributed by atoms with van der Waals surface area (Å²) in [5, 5.41) is 0. The fraction of sp³-hybridized carbons (Fsp3) is 0.333. The SMILES string of the molecule is CC.C[C@H](c1ccccc1)[C@@](C)(S)c1ccccc1. The van der Waals surface area contributed by atoms with Crippen molar-refractivity contribution in [3.8, 4) is 0 Å². The van der Waals surface area contributed by atoms with E-state index in [0.29, 0.717) is 5.92 Å². The third kappa shape index (κ3) is 3.87. The second-order valence-corrected chi connectivity index (χ2v) is 5.57. The first-order chi connectivity index (χ1) is 9.12. The highest BCUT2D eigenvalue weighted by Crippen LogP contribution is 2.41. The molecule has 0 spiro atoms. The Balaban J connectivity index is 0.000000861. The summed E-state index contributed by atoms with van der Waals surface area (Å²) in [5.41, 5.74) is 2.59. The van der Waals surface area contributed by atoms with Crippen LogP contribution in [0.25, 0.3) is 0 Å². The van der Waals surface area contributed by atoms with Gasteiger partial charge in [-0.05, 0) is 24.0 Å². The summed E-state index contributed by atoms with van der Waals surface area (Å²) < 4.78 is -0.150. The Bertz CT molecular complexity index is 460. The zero-order chi connectivity index (χ0) is 14.3. The molecule has 102 valence electrons. The van der Waals surface area contributed by atoms with Crippen LogP contribution in [0.1, 0.15) is 44.7 Å². The van der Waals surface area contributed by atoms with E-state index in [1.807, 2.05) is 19.9 Å². The molecule has 0 aliphatic rings. The van der Waals surface area contributed by atoms with Crippen LogP contribution in [0.5, 0.6) is 0 Å². The Morgan fingerprint density at radius 3 is 1.74 bits per heavy atom. The lowest BCUT2D eigenvalue weighted by atomic mass is 9.83. The van der Waals surface area contributed by atoms with Crippen molar-refractivity contribution in [1.29, 1.82) is 0 Å². The first-order valence-corrected chi connectivity index (χ1v) is 7.40. The minimum Gasteiger partial charge on any atom is -0.167 e. The molecule has 0 saturated carbocycles. The second-order valence-electron chi connectivity index (χ2n) is 4.65. The third-order valence-corrected chi connectivity index (χ3v) is 4.15. The van der Waals surface area contributed by atoms with Crippen LogP contribution in [0.15, 0.2) is 60.7 Å². The highest BCUT2D eigenvalue weighted by Gasteiger charge is 2.29. The topological polar surface area (TPSA) is 0 Å². The van der Waals surface area contributed by atoms with Crippen molar-refractivity contribution in [2.45, 2.75) is 38.4 Å². The van der Waals surface area contributed by atoms with Gasteiger partial charge >= 0.3 is 0 Å². The molecule has 0 nitrogen and oxygen atoms in total. The van der Waals surface area contributed by atoms with Crippen molar-refractivity contribution < 1.29 is 0 Å². The number of benzene rings is 2. The van der Waals surface area contributed by atoms with Gasteiger partial charge in [0.2, 0.25) is 0 Å². The largest absolute Gasteiger partial charge is 0.167 e. The van der Waals surface area contributed by atoms with Crippen LogP contribution in [-0.2, 0) is 4.75 Å². The maximum atomic E-state index is 4.88. The fourth-order valence-electron chi connectivity index (χ4n) is 2.09. The van der Waals surface area contributed by atoms with Gasteiger partial charge < -0.3 is 0 Å². The summed E-state index contributed by atoms with van der Waals surface area (Å²) >= 11 is 4.88. The number of rotatable bonds is 3. The van der Waals surface area contributed by atoms with Crippen molar-refractivity contribution >= 4 is 12.6 Å². The van der Waals surface area contributed by atoms with E-state index in [2.05, 4.69) is 68.4 Å². The van der Waals surface area contributed by atoms with E-state index in [1.165, 1.54) is 11.1 Å². The summed E-state index contributed by atoms with van der Waals surface area (Å²) in [7, 11) is 0. The van der Waals surface area contributed by atoms with E-state index in [1.54, 1.807) is 0 Å². The van der Waals surface area contributed by atoms with Crippen molar-refractivity contribution in [2.24, 2.45) is 0 Å². The molecule has 0 aliphatic heterocycles. The number of hydrogen-bond acceptors (Lipinski definition) is 1. The van der Waals surface area contributed by atoms with Crippen LogP contribution < -0.4 is 0 Å². The van der Waals surface area contributed by atoms with Crippen LogP contribution in [-0.4, -0.2) is 0 Å². The molecule has 19 heavy (non-hydrogen) atoms. The minimum atomic E-state index is -0.150. The Morgan fingerprint density at radius 1 is 0.842 bits per heavy atom. The lowest BCUT2D eigenvalue weighted by Gasteiger charge is -2.31. The van der Waals surface area contributed by atoms with Gasteiger partial charge in [-0.15, -0.1) is 0 Å². The van der Waals surface area contributed by atoms with Crippen LogP contribution in [0.3, 0.4) is 0 Å². The predicted octanol–water partition coefficient (Wildman–Crippen LogP) is 5.66. The molecule has 2 rings (SSSR count). The van der Waals surface area contributed by atoms with Gasteiger partial charge in [-0.2, -0.15) is 12.6 Å². The van der Waals surface area contributed by atoms with Crippen LogP contribution in [0, 0.1) is 0 Å².